The van der Waals surface area contributed by atoms with Crippen LogP contribution in [-0.4, -0.2) is 28.5 Å². The second-order valence-corrected chi connectivity index (χ2v) is 5.67. The Balaban J connectivity index is 2.02. The summed E-state index contributed by atoms with van der Waals surface area (Å²) in [5, 5.41) is 6.09. The first kappa shape index (κ1) is 12.0. The Bertz CT molecular complexity index is 393. The molecular formula is C12H20N4O. The van der Waals surface area contributed by atoms with Gasteiger partial charge in [-0.1, -0.05) is 20.8 Å². The summed E-state index contributed by atoms with van der Waals surface area (Å²) in [5.74, 6) is 0.709. The number of amides is 1. The van der Waals surface area contributed by atoms with Crippen LogP contribution >= 0.6 is 0 Å². The summed E-state index contributed by atoms with van der Waals surface area (Å²) in [6, 6.07) is 0. The minimum atomic E-state index is -0.0939. The lowest BCUT2D eigenvalue weighted by Gasteiger charge is -2.17. The number of rotatable bonds is 2. The number of fused-ring (bicyclic) bond motifs is 1. The zero-order chi connectivity index (χ0) is 12.5. The van der Waals surface area contributed by atoms with Gasteiger partial charge in [0, 0.05) is 25.8 Å². The molecule has 0 spiro atoms. The first-order valence-corrected chi connectivity index (χ1v) is 6.05. The molecular weight excluding hydrogens is 216 g/mol. The molecule has 0 unspecified atom stereocenters. The van der Waals surface area contributed by atoms with E-state index in [1.165, 1.54) is 0 Å². The molecule has 0 aromatic carbocycles. The lowest BCUT2D eigenvalue weighted by molar-refractivity contribution is 0.0934. The van der Waals surface area contributed by atoms with Crippen molar-refractivity contribution in [2.24, 2.45) is 5.41 Å². The van der Waals surface area contributed by atoms with Crippen molar-refractivity contribution in [3.8, 4) is 0 Å². The summed E-state index contributed by atoms with van der Waals surface area (Å²) >= 11 is 0. The molecule has 0 fully saturated rings. The fourth-order valence-corrected chi connectivity index (χ4v) is 1.72. The largest absolute Gasteiger partial charge is 0.356 e. The number of aromatic nitrogens is 2. The molecule has 1 aromatic heterocycles. The fraction of sp³-hybridized carbons (Fsp3) is 0.667. The minimum absolute atomic E-state index is 0.0905. The van der Waals surface area contributed by atoms with Crippen molar-refractivity contribution in [3.05, 3.63) is 11.9 Å². The third-order valence-corrected chi connectivity index (χ3v) is 2.65. The minimum Gasteiger partial charge on any atom is -0.356 e. The van der Waals surface area contributed by atoms with Crippen molar-refractivity contribution < 1.29 is 4.79 Å². The molecule has 2 N–H and O–H groups in total. The van der Waals surface area contributed by atoms with Crippen LogP contribution in [0.2, 0.25) is 0 Å². The van der Waals surface area contributed by atoms with Gasteiger partial charge in [-0.25, -0.2) is 4.98 Å². The average Bonchev–Trinajstić information content (AvgIpc) is 2.68. The monoisotopic (exact) mass is 236 g/mol. The third kappa shape index (κ3) is 2.99. The SMILES string of the molecule is CC(C)(C)CNC(=O)c1cn2c(n1)NCCC2. The Morgan fingerprint density at radius 3 is 3.00 bits per heavy atom. The molecule has 0 atom stereocenters. The molecule has 1 amide bonds. The second-order valence-electron chi connectivity index (χ2n) is 5.67. The highest BCUT2D eigenvalue weighted by atomic mass is 16.1. The van der Waals surface area contributed by atoms with Gasteiger partial charge in [-0.05, 0) is 11.8 Å². The van der Waals surface area contributed by atoms with Crippen LogP contribution in [0, 0.1) is 5.41 Å². The average molecular weight is 236 g/mol. The van der Waals surface area contributed by atoms with Crippen LogP contribution < -0.4 is 10.6 Å². The third-order valence-electron chi connectivity index (χ3n) is 2.65. The maximum absolute atomic E-state index is 11.9. The molecule has 2 rings (SSSR count). The summed E-state index contributed by atoms with van der Waals surface area (Å²) < 4.78 is 2.00. The molecule has 17 heavy (non-hydrogen) atoms. The van der Waals surface area contributed by atoms with Crippen LogP contribution in [0.3, 0.4) is 0 Å². The predicted octanol–water partition coefficient (Wildman–Crippen LogP) is 1.47. The lowest BCUT2D eigenvalue weighted by atomic mass is 9.97. The van der Waals surface area contributed by atoms with Gasteiger partial charge in [0.2, 0.25) is 5.95 Å². The molecule has 0 bridgehead atoms. The van der Waals surface area contributed by atoms with Crippen LogP contribution in [0.25, 0.3) is 0 Å². The Kier molecular flexibility index (Phi) is 3.09. The fourth-order valence-electron chi connectivity index (χ4n) is 1.72. The summed E-state index contributed by atoms with van der Waals surface area (Å²) in [6.07, 6.45) is 2.89. The summed E-state index contributed by atoms with van der Waals surface area (Å²) in [6.45, 7) is 8.79. The normalized spacial score (nSPS) is 15.0. The van der Waals surface area contributed by atoms with E-state index in [0.717, 1.165) is 25.5 Å². The summed E-state index contributed by atoms with van der Waals surface area (Å²) in [5.41, 5.74) is 0.589. The van der Waals surface area contributed by atoms with E-state index in [9.17, 15) is 4.79 Å². The van der Waals surface area contributed by atoms with Gasteiger partial charge >= 0.3 is 0 Å². The van der Waals surface area contributed by atoms with Crippen LogP contribution in [-0.2, 0) is 6.54 Å². The van der Waals surface area contributed by atoms with Crippen LogP contribution in [0.4, 0.5) is 5.95 Å². The highest BCUT2D eigenvalue weighted by Crippen LogP contribution is 2.15. The number of carbonyl (C=O) groups excluding carboxylic acids is 1. The van der Waals surface area contributed by atoms with Crippen molar-refractivity contribution in [3.63, 3.8) is 0 Å². The van der Waals surface area contributed by atoms with E-state index in [0.29, 0.717) is 12.2 Å². The standard InChI is InChI=1S/C12H20N4O/c1-12(2,3)8-14-10(17)9-7-16-6-4-5-13-11(16)15-9/h7H,4-6,8H2,1-3H3,(H,13,15)(H,14,17). The highest BCUT2D eigenvalue weighted by Gasteiger charge is 2.18. The van der Waals surface area contributed by atoms with Gasteiger partial charge in [-0.2, -0.15) is 0 Å². The van der Waals surface area contributed by atoms with E-state index in [-0.39, 0.29) is 11.3 Å². The van der Waals surface area contributed by atoms with Crippen molar-refractivity contribution in [1.82, 2.24) is 14.9 Å². The Morgan fingerprint density at radius 2 is 2.35 bits per heavy atom. The molecule has 0 saturated heterocycles. The topological polar surface area (TPSA) is 59.0 Å². The summed E-state index contributed by atoms with van der Waals surface area (Å²) in [4.78, 5) is 16.2. The molecule has 1 aromatic rings. The van der Waals surface area contributed by atoms with E-state index in [2.05, 4.69) is 36.4 Å². The zero-order valence-electron chi connectivity index (χ0n) is 10.7. The molecule has 94 valence electrons. The zero-order valence-corrected chi connectivity index (χ0v) is 10.7. The van der Waals surface area contributed by atoms with Gasteiger partial charge in [0.05, 0.1) is 0 Å². The Labute approximate surface area is 102 Å². The number of nitrogens with zero attached hydrogens (tertiary/aromatic N) is 2. The van der Waals surface area contributed by atoms with Gasteiger partial charge in [0.25, 0.3) is 5.91 Å². The molecule has 5 heteroatoms. The first-order chi connectivity index (χ1) is 7.96. The number of anilines is 1. The van der Waals surface area contributed by atoms with E-state index in [4.69, 9.17) is 0 Å². The maximum atomic E-state index is 11.9. The van der Waals surface area contributed by atoms with E-state index in [1.54, 1.807) is 0 Å². The number of hydrogen-bond donors (Lipinski definition) is 2. The van der Waals surface area contributed by atoms with Gasteiger partial charge in [-0.15, -0.1) is 0 Å². The highest BCUT2D eigenvalue weighted by molar-refractivity contribution is 5.92. The number of hydrogen-bond acceptors (Lipinski definition) is 3. The Hall–Kier alpha value is -1.52. The van der Waals surface area contributed by atoms with Crippen LogP contribution in [0.5, 0.6) is 0 Å². The second kappa shape index (κ2) is 4.39. The molecule has 1 aliphatic rings. The molecule has 0 saturated carbocycles. The number of nitrogens with one attached hydrogen (secondary N) is 2. The Morgan fingerprint density at radius 1 is 1.59 bits per heavy atom. The lowest BCUT2D eigenvalue weighted by Crippen LogP contribution is -2.32. The van der Waals surface area contributed by atoms with Crippen LogP contribution in [0.15, 0.2) is 6.20 Å². The molecule has 0 radical (unpaired) electrons. The van der Waals surface area contributed by atoms with Gasteiger partial charge in [0.15, 0.2) is 0 Å². The van der Waals surface area contributed by atoms with Gasteiger partial charge in [0.1, 0.15) is 5.69 Å². The smallest absolute Gasteiger partial charge is 0.271 e. The maximum Gasteiger partial charge on any atom is 0.271 e. The van der Waals surface area contributed by atoms with Crippen LogP contribution in [0.1, 0.15) is 37.7 Å². The molecule has 5 nitrogen and oxygen atoms in total. The summed E-state index contributed by atoms with van der Waals surface area (Å²) in [7, 11) is 0. The van der Waals surface area contributed by atoms with E-state index >= 15 is 0 Å². The molecule has 1 aliphatic heterocycles. The van der Waals surface area contributed by atoms with Crippen molar-refractivity contribution in [1.29, 1.82) is 0 Å². The number of carbonyl (C=O) groups is 1. The van der Waals surface area contributed by atoms with Crippen molar-refractivity contribution >= 4 is 11.9 Å². The van der Waals surface area contributed by atoms with Crippen molar-refractivity contribution in [2.45, 2.75) is 33.7 Å². The van der Waals surface area contributed by atoms with Crippen molar-refractivity contribution in [2.75, 3.05) is 18.4 Å². The quantitative estimate of drug-likeness (QED) is 0.817. The van der Waals surface area contributed by atoms with Gasteiger partial charge in [-0.3, -0.25) is 4.79 Å². The van der Waals surface area contributed by atoms with Gasteiger partial charge < -0.3 is 15.2 Å². The number of imidazole rings is 1. The van der Waals surface area contributed by atoms with E-state index in [1.807, 2.05) is 10.8 Å². The van der Waals surface area contributed by atoms with E-state index < -0.39 is 0 Å². The predicted molar refractivity (Wildman–Crippen MR) is 67.1 cm³/mol. The molecule has 2 heterocycles. The first-order valence-electron chi connectivity index (χ1n) is 6.05. The number of aryl methyl sites for hydroxylation is 1. The molecule has 0 aliphatic carbocycles.